The zero-order valence-electron chi connectivity index (χ0n) is 12.0. The van der Waals surface area contributed by atoms with Crippen LogP contribution >= 0.6 is 0 Å². The lowest BCUT2D eigenvalue weighted by molar-refractivity contribution is 0.141. The minimum Gasteiger partial charge on any atom is -0.445 e. The lowest BCUT2D eigenvalue weighted by Gasteiger charge is -2.05. The number of anilines is 1. The number of para-hydroxylation sites is 1. The fraction of sp³-hybridized carbons (Fsp3) is 0.118. The molecule has 2 rings (SSSR count). The zero-order valence-corrected chi connectivity index (χ0v) is 12.0. The summed E-state index contributed by atoms with van der Waals surface area (Å²) in [7, 11) is 0. The molecule has 0 saturated carbocycles. The number of alkyl carbamates (subject to hydrolysis) is 1. The maximum absolute atomic E-state index is 13.2. The number of hydrogen-bond donors (Lipinski definition) is 2. The van der Waals surface area contributed by atoms with E-state index >= 15 is 0 Å². The van der Waals surface area contributed by atoms with Gasteiger partial charge in [-0.25, -0.2) is 9.18 Å². The van der Waals surface area contributed by atoms with E-state index < -0.39 is 11.9 Å². The molecule has 0 aliphatic carbocycles. The molecule has 0 bridgehead atoms. The molecule has 0 unspecified atom stereocenters. The molecule has 114 valence electrons. The number of rotatable bonds is 5. The van der Waals surface area contributed by atoms with E-state index in [9.17, 15) is 9.18 Å². The van der Waals surface area contributed by atoms with E-state index in [-0.39, 0.29) is 18.8 Å². The van der Waals surface area contributed by atoms with Crippen LogP contribution in [0, 0.1) is 5.82 Å². The van der Waals surface area contributed by atoms with Crippen molar-refractivity contribution in [2.24, 2.45) is 0 Å². The normalized spacial score (nSPS) is 10.6. The molecular formula is C17H17FN2O2. The van der Waals surface area contributed by atoms with Gasteiger partial charge in [-0.3, -0.25) is 0 Å². The first-order chi connectivity index (χ1) is 10.7. The molecule has 3 N–H and O–H groups in total. The number of ether oxygens (including phenoxy) is 1. The van der Waals surface area contributed by atoms with Crippen LogP contribution in [0.1, 0.15) is 11.1 Å². The molecule has 0 aliphatic rings. The van der Waals surface area contributed by atoms with Gasteiger partial charge in [0.2, 0.25) is 0 Å². The standard InChI is InChI=1S/C17H17FN2O2/c18-15-10-4-8-14(16(15)19)9-5-11-20-17(21)22-12-13-6-2-1-3-7-13/h1-10H,11-12,19H2,(H,20,21). The number of halogens is 1. The summed E-state index contributed by atoms with van der Waals surface area (Å²) in [6.45, 7) is 0.483. The minimum atomic E-state index is -0.513. The monoisotopic (exact) mass is 300 g/mol. The van der Waals surface area contributed by atoms with E-state index in [0.717, 1.165) is 5.56 Å². The Balaban J connectivity index is 1.75. The van der Waals surface area contributed by atoms with Crippen molar-refractivity contribution in [1.29, 1.82) is 0 Å². The fourth-order valence-electron chi connectivity index (χ4n) is 1.80. The van der Waals surface area contributed by atoms with Crippen LogP contribution in [0.25, 0.3) is 6.08 Å². The smallest absolute Gasteiger partial charge is 0.407 e. The van der Waals surface area contributed by atoms with Crippen LogP contribution in [-0.2, 0) is 11.3 Å². The van der Waals surface area contributed by atoms with Gasteiger partial charge in [0.05, 0.1) is 5.69 Å². The fourth-order valence-corrected chi connectivity index (χ4v) is 1.80. The summed E-state index contributed by atoms with van der Waals surface area (Å²) >= 11 is 0. The second-order valence-corrected chi connectivity index (χ2v) is 4.59. The van der Waals surface area contributed by atoms with Gasteiger partial charge in [0.25, 0.3) is 0 Å². The molecule has 0 fully saturated rings. The first kappa shape index (κ1) is 15.6. The zero-order chi connectivity index (χ0) is 15.8. The second kappa shape index (κ2) is 7.83. The van der Waals surface area contributed by atoms with Crippen molar-refractivity contribution in [1.82, 2.24) is 5.32 Å². The van der Waals surface area contributed by atoms with Crippen LogP contribution in [0.2, 0.25) is 0 Å². The van der Waals surface area contributed by atoms with Crippen LogP contribution in [0.15, 0.2) is 54.6 Å². The highest BCUT2D eigenvalue weighted by Gasteiger charge is 2.02. The molecule has 0 aliphatic heterocycles. The van der Waals surface area contributed by atoms with E-state index in [1.165, 1.54) is 6.07 Å². The van der Waals surface area contributed by atoms with Gasteiger partial charge in [0.1, 0.15) is 12.4 Å². The van der Waals surface area contributed by atoms with E-state index in [0.29, 0.717) is 5.56 Å². The Morgan fingerprint density at radius 3 is 2.73 bits per heavy atom. The Hall–Kier alpha value is -2.82. The molecule has 2 aromatic carbocycles. The summed E-state index contributed by atoms with van der Waals surface area (Å²) in [5.74, 6) is -0.461. The summed E-state index contributed by atoms with van der Waals surface area (Å²) in [5.41, 5.74) is 7.17. The number of nitrogen functional groups attached to an aromatic ring is 1. The average molecular weight is 300 g/mol. The van der Waals surface area contributed by atoms with Crippen molar-refractivity contribution in [3.05, 3.63) is 71.6 Å². The summed E-state index contributed by atoms with van der Waals surface area (Å²) < 4.78 is 18.3. The third-order valence-corrected chi connectivity index (χ3v) is 2.96. The lowest BCUT2D eigenvalue weighted by atomic mass is 10.1. The number of hydrogen-bond acceptors (Lipinski definition) is 3. The van der Waals surface area contributed by atoms with E-state index in [4.69, 9.17) is 10.5 Å². The lowest BCUT2D eigenvalue weighted by Crippen LogP contribution is -2.24. The van der Waals surface area contributed by atoms with E-state index in [2.05, 4.69) is 5.32 Å². The van der Waals surface area contributed by atoms with E-state index in [1.807, 2.05) is 30.3 Å². The number of carbonyl (C=O) groups excluding carboxylic acids is 1. The predicted octanol–water partition coefficient (Wildman–Crippen LogP) is 3.35. The Kier molecular flexibility index (Phi) is 5.54. The summed E-state index contributed by atoms with van der Waals surface area (Å²) in [6.07, 6.45) is 2.81. The van der Waals surface area contributed by atoms with Crippen molar-refractivity contribution in [3.63, 3.8) is 0 Å². The molecule has 0 aromatic heterocycles. The Morgan fingerprint density at radius 2 is 1.95 bits per heavy atom. The van der Waals surface area contributed by atoms with Crippen molar-refractivity contribution >= 4 is 17.9 Å². The quantitative estimate of drug-likeness (QED) is 0.832. The number of nitrogens with two attached hydrogens (primary N) is 1. The minimum absolute atomic E-state index is 0.0883. The van der Waals surface area contributed by atoms with Gasteiger partial charge in [0.15, 0.2) is 0 Å². The second-order valence-electron chi connectivity index (χ2n) is 4.59. The summed E-state index contributed by atoms with van der Waals surface area (Å²) in [4.78, 5) is 11.5. The number of carbonyl (C=O) groups is 1. The van der Waals surface area contributed by atoms with E-state index in [1.54, 1.807) is 24.3 Å². The Labute approximate surface area is 128 Å². The van der Waals surface area contributed by atoms with Crippen LogP contribution in [0.4, 0.5) is 14.9 Å². The van der Waals surface area contributed by atoms with Gasteiger partial charge < -0.3 is 15.8 Å². The number of amides is 1. The number of nitrogens with one attached hydrogen (secondary N) is 1. The van der Waals surface area contributed by atoms with Gasteiger partial charge >= 0.3 is 6.09 Å². The maximum Gasteiger partial charge on any atom is 0.407 e. The molecule has 0 heterocycles. The van der Waals surface area contributed by atoms with Gasteiger partial charge in [-0.05, 0) is 11.6 Å². The molecule has 2 aromatic rings. The summed E-state index contributed by atoms with van der Waals surface area (Å²) in [5, 5.41) is 2.57. The Bertz CT molecular complexity index is 657. The molecule has 0 saturated heterocycles. The highest BCUT2D eigenvalue weighted by atomic mass is 19.1. The SMILES string of the molecule is Nc1c(F)cccc1C=CCNC(=O)OCc1ccccc1. The largest absolute Gasteiger partial charge is 0.445 e. The summed E-state index contributed by atoms with van der Waals surface area (Å²) in [6, 6.07) is 14.0. The van der Waals surface area contributed by atoms with Crippen molar-refractivity contribution in [2.75, 3.05) is 12.3 Å². The van der Waals surface area contributed by atoms with Crippen molar-refractivity contribution < 1.29 is 13.9 Å². The molecule has 4 nitrogen and oxygen atoms in total. The van der Waals surface area contributed by atoms with Crippen LogP contribution in [0.3, 0.4) is 0 Å². The van der Waals surface area contributed by atoms with Gasteiger partial charge in [-0.2, -0.15) is 0 Å². The van der Waals surface area contributed by atoms with Crippen molar-refractivity contribution in [3.8, 4) is 0 Å². The predicted molar refractivity (Wildman–Crippen MR) is 84.5 cm³/mol. The molecule has 22 heavy (non-hydrogen) atoms. The van der Waals surface area contributed by atoms with Gasteiger partial charge in [0, 0.05) is 12.1 Å². The molecule has 5 heteroatoms. The van der Waals surface area contributed by atoms with Crippen LogP contribution < -0.4 is 11.1 Å². The maximum atomic E-state index is 13.2. The van der Waals surface area contributed by atoms with Crippen LogP contribution in [-0.4, -0.2) is 12.6 Å². The Morgan fingerprint density at radius 1 is 1.18 bits per heavy atom. The molecule has 0 atom stereocenters. The molecule has 0 radical (unpaired) electrons. The van der Waals surface area contributed by atoms with Gasteiger partial charge in [-0.15, -0.1) is 0 Å². The highest BCUT2D eigenvalue weighted by molar-refractivity contribution is 5.68. The topological polar surface area (TPSA) is 64.3 Å². The third-order valence-electron chi connectivity index (χ3n) is 2.96. The van der Waals surface area contributed by atoms with Gasteiger partial charge in [-0.1, -0.05) is 54.6 Å². The first-order valence-corrected chi connectivity index (χ1v) is 6.82. The third kappa shape index (κ3) is 4.63. The molecule has 1 amide bonds. The van der Waals surface area contributed by atoms with Crippen molar-refractivity contribution in [2.45, 2.75) is 6.61 Å². The first-order valence-electron chi connectivity index (χ1n) is 6.82. The molecular weight excluding hydrogens is 283 g/mol. The van der Waals surface area contributed by atoms with Crippen LogP contribution in [0.5, 0.6) is 0 Å². The highest BCUT2D eigenvalue weighted by Crippen LogP contribution is 2.16. The number of benzene rings is 2. The molecule has 0 spiro atoms. The average Bonchev–Trinajstić information content (AvgIpc) is 2.54.